The molecule has 0 aliphatic rings. The summed E-state index contributed by atoms with van der Waals surface area (Å²) in [5.41, 5.74) is 9.46. The van der Waals surface area contributed by atoms with Crippen LogP contribution in [0.25, 0.3) is 10.9 Å². The summed E-state index contributed by atoms with van der Waals surface area (Å²) in [6.45, 7) is 0. The van der Waals surface area contributed by atoms with Crippen LogP contribution in [-0.4, -0.2) is 4.98 Å². The Hall–Kier alpha value is -1.71. The zero-order chi connectivity index (χ0) is 12.4. The number of hydrogen-bond donors (Lipinski definition) is 1. The summed E-state index contributed by atoms with van der Waals surface area (Å²) < 4.78 is 0. The van der Waals surface area contributed by atoms with Crippen molar-refractivity contribution in [1.82, 2.24) is 4.98 Å². The SMILES string of the molecule is NC(Cc1ccc2ccccc2n1)c1ccsc1. The van der Waals surface area contributed by atoms with E-state index >= 15 is 0 Å². The molecular weight excluding hydrogens is 240 g/mol. The van der Waals surface area contributed by atoms with Gasteiger partial charge in [-0.05, 0) is 34.5 Å². The van der Waals surface area contributed by atoms with E-state index in [1.807, 2.05) is 18.2 Å². The Morgan fingerprint density at radius 3 is 2.83 bits per heavy atom. The summed E-state index contributed by atoms with van der Waals surface area (Å²) in [4.78, 5) is 4.65. The Kier molecular flexibility index (Phi) is 3.09. The topological polar surface area (TPSA) is 38.9 Å². The average molecular weight is 254 g/mol. The van der Waals surface area contributed by atoms with Crippen LogP contribution in [0.2, 0.25) is 0 Å². The monoisotopic (exact) mass is 254 g/mol. The molecule has 0 saturated heterocycles. The molecule has 3 heteroatoms. The first-order chi connectivity index (χ1) is 8.83. The molecule has 2 aromatic heterocycles. The van der Waals surface area contributed by atoms with E-state index in [1.165, 1.54) is 10.9 Å². The van der Waals surface area contributed by atoms with Gasteiger partial charge in [0.25, 0.3) is 0 Å². The fraction of sp³-hybridized carbons (Fsp3) is 0.133. The van der Waals surface area contributed by atoms with Gasteiger partial charge in [-0.2, -0.15) is 11.3 Å². The van der Waals surface area contributed by atoms with Gasteiger partial charge >= 0.3 is 0 Å². The quantitative estimate of drug-likeness (QED) is 0.776. The van der Waals surface area contributed by atoms with E-state index < -0.39 is 0 Å². The molecule has 3 aromatic rings. The standard InChI is InChI=1S/C15H14N2S/c16-14(12-7-8-18-10-12)9-13-6-5-11-3-1-2-4-15(11)17-13/h1-8,10,14H,9,16H2. The molecule has 2 heterocycles. The minimum Gasteiger partial charge on any atom is -0.324 e. The highest BCUT2D eigenvalue weighted by Crippen LogP contribution is 2.19. The Bertz CT molecular complexity index is 646. The van der Waals surface area contributed by atoms with Gasteiger partial charge in [0, 0.05) is 23.5 Å². The number of nitrogens with zero attached hydrogens (tertiary/aromatic N) is 1. The summed E-state index contributed by atoms with van der Waals surface area (Å²) in [6.07, 6.45) is 0.779. The predicted octanol–water partition coefficient (Wildman–Crippen LogP) is 3.54. The molecule has 1 unspecified atom stereocenters. The van der Waals surface area contributed by atoms with Crippen LogP contribution < -0.4 is 5.73 Å². The van der Waals surface area contributed by atoms with Crippen LogP contribution in [0.4, 0.5) is 0 Å². The highest BCUT2D eigenvalue weighted by atomic mass is 32.1. The first kappa shape index (κ1) is 11.4. The smallest absolute Gasteiger partial charge is 0.0705 e. The molecule has 1 aromatic carbocycles. The lowest BCUT2D eigenvalue weighted by Gasteiger charge is -2.09. The van der Waals surface area contributed by atoms with Gasteiger partial charge in [-0.3, -0.25) is 4.98 Å². The fourth-order valence-electron chi connectivity index (χ4n) is 2.05. The predicted molar refractivity (Wildman–Crippen MR) is 76.7 cm³/mol. The normalized spacial score (nSPS) is 12.7. The van der Waals surface area contributed by atoms with Crippen LogP contribution in [0.15, 0.2) is 53.2 Å². The summed E-state index contributed by atoms with van der Waals surface area (Å²) in [5.74, 6) is 0. The molecule has 0 saturated carbocycles. The lowest BCUT2D eigenvalue weighted by Crippen LogP contribution is -2.13. The van der Waals surface area contributed by atoms with Crippen molar-refractivity contribution in [2.24, 2.45) is 5.73 Å². The Balaban J connectivity index is 1.86. The van der Waals surface area contributed by atoms with E-state index in [1.54, 1.807) is 11.3 Å². The van der Waals surface area contributed by atoms with Crippen LogP contribution in [-0.2, 0) is 6.42 Å². The largest absolute Gasteiger partial charge is 0.324 e. The third kappa shape index (κ3) is 2.28. The van der Waals surface area contributed by atoms with Gasteiger partial charge in [-0.1, -0.05) is 24.3 Å². The number of para-hydroxylation sites is 1. The minimum atomic E-state index is 0.0323. The van der Waals surface area contributed by atoms with Crippen molar-refractivity contribution in [2.75, 3.05) is 0 Å². The highest BCUT2D eigenvalue weighted by molar-refractivity contribution is 7.07. The Morgan fingerprint density at radius 1 is 1.11 bits per heavy atom. The molecule has 1 atom stereocenters. The first-order valence-corrected chi connectivity index (χ1v) is 6.89. The second-order valence-corrected chi connectivity index (χ2v) is 5.14. The van der Waals surface area contributed by atoms with Crippen LogP contribution in [0.5, 0.6) is 0 Å². The number of hydrogen-bond acceptors (Lipinski definition) is 3. The Morgan fingerprint density at radius 2 is 2.00 bits per heavy atom. The summed E-state index contributed by atoms with van der Waals surface area (Å²) in [7, 11) is 0. The Labute approximate surface area is 110 Å². The third-order valence-corrected chi connectivity index (χ3v) is 3.76. The second-order valence-electron chi connectivity index (χ2n) is 4.36. The van der Waals surface area contributed by atoms with E-state index in [-0.39, 0.29) is 6.04 Å². The summed E-state index contributed by atoms with van der Waals surface area (Å²) >= 11 is 1.68. The molecule has 2 nitrogen and oxygen atoms in total. The van der Waals surface area contributed by atoms with Crippen LogP contribution in [0.1, 0.15) is 17.3 Å². The van der Waals surface area contributed by atoms with Gasteiger partial charge in [0.1, 0.15) is 0 Å². The molecule has 18 heavy (non-hydrogen) atoms. The molecule has 0 bridgehead atoms. The number of rotatable bonds is 3. The van der Waals surface area contributed by atoms with Crippen molar-refractivity contribution in [2.45, 2.75) is 12.5 Å². The van der Waals surface area contributed by atoms with Gasteiger partial charge in [-0.25, -0.2) is 0 Å². The van der Waals surface area contributed by atoms with Crippen molar-refractivity contribution in [3.8, 4) is 0 Å². The van der Waals surface area contributed by atoms with Crippen molar-refractivity contribution >= 4 is 22.2 Å². The van der Waals surface area contributed by atoms with E-state index in [9.17, 15) is 0 Å². The lowest BCUT2D eigenvalue weighted by molar-refractivity contribution is 0.712. The van der Waals surface area contributed by atoms with Crippen molar-refractivity contribution < 1.29 is 0 Å². The fourth-order valence-corrected chi connectivity index (χ4v) is 2.78. The molecule has 0 aliphatic heterocycles. The van der Waals surface area contributed by atoms with E-state index in [0.29, 0.717) is 0 Å². The van der Waals surface area contributed by atoms with Crippen LogP contribution in [0, 0.1) is 0 Å². The number of pyridine rings is 1. The van der Waals surface area contributed by atoms with E-state index in [2.05, 4.69) is 40.0 Å². The third-order valence-electron chi connectivity index (χ3n) is 3.06. The molecule has 90 valence electrons. The zero-order valence-corrected chi connectivity index (χ0v) is 10.7. The van der Waals surface area contributed by atoms with Gasteiger partial charge in [0.2, 0.25) is 0 Å². The average Bonchev–Trinajstić information content (AvgIpc) is 2.92. The molecule has 2 N–H and O–H groups in total. The van der Waals surface area contributed by atoms with E-state index in [4.69, 9.17) is 5.73 Å². The maximum Gasteiger partial charge on any atom is 0.0705 e. The van der Waals surface area contributed by atoms with Gasteiger partial charge in [-0.15, -0.1) is 0 Å². The molecule has 0 radical (unpaired) electrons. The first-order valence-electron chi connectivity index (χ1n) is 5.95. The van der Waals surface area contributed by atoms with Crippen LogP contribution >= 0.6 is 11.3 Å². The van der Waals surface area contributed by atoms with E-state index in [0.717, 1.165) is 17.6 Å². The van der Waals surface area contributed by atoms with Crippen molar-refractivity contribution in [1.29, 1.82) is 0 Å². The molecule has 0 amide bonds. The molecule has 3 rings (SSSR count). The molecule has 0 spiro atoms. The van der Waals surface area contributed by atoms with Gasteiger partial charge in [0.15, 0.2) is 0 Å². The number of nitrogens with two attached hydrogens (primary N) is 1. The maximum atomic E-state index is 6.18. The summed E-state index contributed by atoms with van der Waals surface area (Å²) in [6, 6.07) is 14.4. The molecular formula is C15H14N2S. The molecule has 0 aliphatic carbocycles. The number of thiophene rings is 1. The minimum absolute atomic E-state index is 0.0323. The number of aromatic nitrogens is 1. The maximum absolute atomic E-state index is 6.18. The van der Waals surface area contributed by atoms with Crippen LogP contribution in [0.3, 0.4) is 0 Å². The lowest BCUT2D eigenvalue weighted by atomic mass is 10.1. The summed E-state index contributed by atoms with van der Waals surface area (Å²) in [5, 5.41) is 5.33. The van der Waals surface area contributed by atoms with Crippen molar-refractivity contribution in [3.05, 3.63) is 64.5 Å². The second kappa shape index (κ2) is 4.88. The zero-order valence-electron chi connectivity index (χ0n) is 9.91. The highest BCUT2D eigenvalue weighted by Gasteiger charge is 2.08. The number of benzene rings is 1. The van der Waals surface area contributed by atoms with Crippen molar-refractivity contribution in [3.63, 3.8) is 0 Å². The van der Waals surface area contributed by atoms with Gasteiger partial charge in [0.05, 0.1) is 5.52 Å². The molecule has 0 fully saturated rings. The van der Waals surface area contributed by atoms with Gasteiger partial charge < -0.3 is 5.73 Å². The number of fused-ring (bicyclic) bond motifs is 1.